The standard InChI is InChI=1S/C33H35ClF5N3O6S2/c34-24-12-8-22(9-13-24)21-6-10-23(11-7-21)32(35,36)29(30(43)41-18-16-25(40)17-19-41)42(48-31(44)33(37,38)39)50(45,46)28-15-14-27(49-28)20-47-26-4-2-1-3-5-26/h6-15,25-26,29H,1-5,16-20,40H2/t29-/m1/s1. The van der Waals surface area contributed by atoms with Crippen LogP contribution in [0.2, 0.25) is 5.02 Å². The van der Waals surface area contributed by atoms with Gasteiger partial charge in [0.1, 0.15) is 4.21 Å². The highest BCUT2D eigenvalue weighted by molar-refractivity contribution is 7.91. The van der Waals surface area contributed by atoms with Gasteiger partial charge < -0.3 is 20.2 Å². The molecular formula is C33H35ClF5N3O6S2. The van der Waals surface area contributed by atoms with E-state index in [2.05, 4.69) is 4.84 Å². The van der Waals surface area contributed by atoms with E-state index in [0.717, 1.165) is 55.2 Å². The zero-order valence-electron chi connectivity index (χ0n) is 26.6. The van der Waals surface area contributed by atoms with E-state index < -0.39 is 54.3 Å². The number of carbonyl (C=O) groups excluding carboxylic acids is 2. The summed E-state index contributed by atoms with van der Waals surface area (Å²) >= 11 is 6.48. The second-order valence-corrected chi connectivity index (χ2v) is 15.8. The fourth-order valence-corrected chi connectivity index (χ4v) is 8.65. The van der Waals surface area contributed by atoms with E-state index >= 15 is 8.78 Å². The van der Waals surface area contributed by atoms with Crippen LogP contribution in [0.3, 0.4) is 0 Å². The van der Waals surface area contributed by atoms with Crippen LogP contribution in [-0.4, -0.2) is 67.1 Å². The normalized spacial score (nSPS) is 17.6. The van der Waals surface area contributed by atoms with Crippen LogP contribution in [0.5, 0.6) is 0 Å². The molecule has 5 rings (SSSR count). The van der Waals surface area contributed by atoms with Crippen LogP contribution in [0, 0.1) is 0 Å². The molecule has 2 aromatic carbocycles. The number of carbonyl (C=O) groups is 2. The topological polar surface area (TPSA) is 119 Å². The average Bonchev–Trinajstić information content (AvgIpc) is 3.58. The molecule has 1 saturated carbocycles. The van der Waals surface area contributed by atoms with Crippen molar-refractivity contribution in [1.29, 1.82) is 0 Å². The molecule has 1 aromatic heterocycles. The second-order valence-electron chi connectivity index (χ2n) is 12.2. The SMILES string of the molecule is NC1CCN(C(=O)[C@@H](N(OC(=O)C(F)(F)F)S(=O)(=O)c2ccc(COC3CCCCC3)s2)C(F)(F)c2ccc(-c3ccc(Cl)cc3)cc2)CC1. The summed E-state index contributed by atoms with van der Waals surface area (Å²) in [5.74, 6) is -9.20. The zero-order valence-corrected chi connectivity index (χ0v) is 29.0. The Morgan fingerprint density at radius 3 is 2.06 bits per heavy atom. The Hall–Kier alpha value is -3.15. The van der Waals surface area contributed by atoms with Crippen LogP contribution >= 0.6 is 22.9 Å². The van der Waals surface area contributed by atoms with Gasteiger partial charge in [0.2, 0.25) is 6.04 Å². The van der Waals surface area contributed by atoms with Crippen LogP contribution in [0.25, 0.3) is 11.1 Å². The Morgan fingerprint density at radius 2 is 1.48 bits per heavy atom. The Kier molecular flexibility index (Phi) is 11.9. The van der Waals surface area contributed by atoms with Gasteiger partial charge in [-0.25, -0.2) is 13.2 Å². The van der Waals surface area contributed by atoms with Crippen LogP contribution in [0.4, 0.5) is 22.0 Å². The molecule has 9 nitrogen and oxygen atoms in total. The third-order valence-corrected chi connectivity index (χ3v) is 12.0. The van der Waals surface area contributed by atoms with Gasteiger partial charge in [-0.1, -0.05) is 67.3 Å². The minimum absolute atomic E-state index is 0.0420. The molecule has 2 aliphatic rings. The molecule has 1 saturated heterocycles. The Labute approximate surface area is 295 Å². The van der Waals surface area contributed by atoms with Crippen molar-refractivity contribution in [3.05, 3.63) is 76.1 Å². The van der Waals surface area contributed by atoms with Crippen LogP contribution in [0.1, 0.15) is 55.4 Å². The first-order valence-corrected chi connectivity index (χ1v) is 18.5. The number of nitrogens with zero attached hydrogens (tertiary/aromatic N) is 2. The smallest absolute Gasteiger partial charge is 0.373 e. The van der Waals surface area contributed by atoms with Gasteiger partial charge in [-0.2, -0.15) is 22.0 Å². The largest absolute Gasteiger partial charge is 0.492 e. The van der Waals surface area contributed by atoms with Gasteiger partial charge in [-0.3, -0.25) is 4.79 Å². The molecule has 1 amide bonds. The first-order chi connectivity index (χ1) is 23.6. The lowest BCUT2D eigenvalue weighted by Crippen LogP contribution is -2.60. The number of thiophene rings is 1. The number of sulfonamides is 1. The van der Waals surface area contributed by atoms with Crippen molar-refractivity contribution >= 4 is 44.8 Å². The van der Waals surface area contributed by atoms with E-state index in [1.807, 2.05) is 0 Å². The third-order valence-electron chi connectivity index (χ3n) is 8.63. The predicted octanol–water partition coefficient (Wildman–Crippen LogP) is 7.04. The Bertz CT molecular complexity index is 1740. The highest BCUT2D eigenvalue weighted by Gasteiger charge is 2.58. The van der Waals surface area contributed by atoms with Crippen molar-refractivity contribution in [3.8, 4) is 11.1 Å². The lowest BCUT2D eigenvalue weighted by atomic mass is 9.96. The van der Waals surface area contributed by atoms with E-state index in [4.69, 9.17) is 22.1 Å². The highest BCUT2D eigenvalue weighted by atomic mass is 35.5. The monoisotopic (exact) mass is 763 g/mol. The van der Waals surface area contributed by atoms with Crippen molar-refractivity contribution in [1.82, 2.24) is 9.37 Å². The lowest BCUT2D eigenvalue weighted by Gasteiger charge is -2.38. The molecule has 2 N–H and O–H groups in total. The second kappa shape index (κ2) is 15.6. The molecule has 1 atom stereocenters. The molecule has 0 spiro atoms. The molecule has 1 aliphatic heterocycles. The molecule has 0 unspecified atom stereocenters. The number of hydroxylamine groups is 1. The maximum atomic E-state index is 16.8. The number of amides is 1. The summed E-state index contributed by atoms with van der Waals surface area (Å²) in [5.41, 5.74) is 6.03. The fraction of sp³-hybridized carbons (Fsp3) is 0.455. The molecular weight excluding hydrogens is 729 g/mol. The van der Waals surface area contributed by atoms with E-state index in [-0.39, 0.29) is 44.7 Å². The first-order valence-electron chi connectivity index (χ1n) is 15.9. The average molecular weight is 764 g/mol. The molecule has 50 heavy (non-hydrogen) atoms. The number of rotatable bonds is 11. The number of benzene rings is 2. The molecule has 3 aromatic rings. The molecule has 0 bridgehead atoms. The predicted molar refractivity (Wildman–Crippen MR) is 176 cm³/mol. The van der Waals surface area contributed by atoms with Crippen LogP contribution < -0.4 is 5.73 Å². The first kappa shape index (κ1) is 38.1. The molecule has 2 heterocycles. The van der Waals surface area contributed by atoms with E-state index in [0.29, 0.717) is 32.4 Å². The molecule has 2 fully saturated rings. The van der Waals surface area contributed by atoms with Gasteiger partial charge in [0, 0.05) is 34.6 Å². The number of halogens is 6. The summed E-state index contributed by atoms with van der Waals surface area (Å²) < 4.78 is 107. The van der Waals surface area contributed by atoms with Gasteiger partial charge in [-0.15, -0.1) is 11.3 Å². The molecule has 1 aliphatic carbocycles. The highest BCUT2D eigenvalue weighted by Crippen LogP contribution is 2.41. The van der Waals surface area contributed by atoms with Crippen molar-refractivity contribution in [2.75, 3.05) is 13.1 Å². The summed E-state index contributed by atoms with van der Waals surface area (Å²) in [7, 11) is -5.53. The Balaban J connectivity index is 1.55. The molecule has 17 heteroatoms. The number of nitrogens with two attached hydrogens (primary N) is 1. The maximum absolute atomic E-state index is 16.8. The summed E-state index contributed by atoms with van der Waals surface area (Å²) in [6.07, 6.45) is -0.959. The van der Waals surface area contributed by atoms with Gasteiger partial charge in [-0.05, 0) is 65.5 Å². The van der Waals surface area contributed by atoms with Gasteiger partial charge >= 0.3 is 18.1 Å². The lowest BCUT2D eigenvalue weighted by molar-refractivity contribution is -0.239. The van der Waals surface area contributed by atoms with E-state index in [1.165, 1.54) is 18.2 Å². The van der Waals surface area contributed by atoms with Crippen molar-refractivity contribution in [3.63, 3.8) is 0 Å². The quantitative estimate of drug-likeness (QED) is 0.165. The van der Waals surface area contributed by atoms with Gasteiger partial charge in [0.05, 0.1) is 12.7 Å². The number of ether oxygens (including phenoxy) is 1. The van der Waals surface area contributed by atoms with Crippen molar-refractivity contribution in [2.24, 2.45) is 5.73 Å². The van der Waals surface area contributed by atoms with Crippen LogP contribution in [0.15, 0.2) is 64.9 Å². The van der Waals surface area contributed by atoms with Crippen molar-refractivity contribution in [2.45, 2.75) is 86.0 Å². The van der Waals surface area contributed by atoms with Gasteiger partial charge in [0.15, 0.2) is 0 Å². The molecule has 0 radical (unpaired) electrons. The number of hydrogen-bond acceptors (Lipinski definition) is 8. The minimum Gasteiger partial charge on any atom is -0.373 e. The van der Waals surface area contributed by atoms with Gasteiger partial charge in [0.25, 0.3) is 15.9 Å². The maximum Gasteiger partial charge on any atom is 0.492 e. The summed E-state index contributed by atoms with van der Waals surface area (Å²) in [6, 6.07) is 9.43. The summed E-state index contributed by atoms with van der Waals surface area (Å²) in [4.78, 5) is 31.7. The fourth-order valence-electron chi connectivity index (χ4n) is 5.82. The Morgan fingerprint density at radius 1 is 0.900 bits per heavy atom. The van der Waals surface area contributed by atoms with Crippen molar-refractivity contribution < 1.29 is 49.5 Å². The van der Waals surface area contributed by atoms with E-state index in [9.17, 15) is 31.2 Å². The third kappa shape index (κ3) is 8.83. The van der Waals surface area contributed by atoms with E-state index in [1.54, 1.807) is 24.3 Å². The molecule has 272 valence electrons. The zero-order chi connectivity index (χ0) is 36.3. The number of hydrogen-bond donors (Lipinski definition) is 1. The summed E-state index contributed by atoms with van der Waals surface area (Å²) in [5, 5.41) is 0.432. The number of piperidine rings is 1. The number of alkyl halides is 5. The number of likely N-dealkylation sites (tertiary alicyclic amines) is 1. The van der Waals surface area contributed by atoms with Crippen LogP contribution in [-0.2, 0) is 41.7 Å². The summed E-state index contributed by atoms with van der Waals surface area (Å²) in [6.45, 7) is -0.421. The minimum atomic E-state index is -5.80.